The molecule has 0 amide bonds. The maximum absolute atomic E-state index is 12.7. The average Bonchev–Trinajstić information content (AvgIpc) is 2.41. The fourth-order valence-electron chi connectivity index (χ4n) is 4.24. The van der Waals surface area contributed by atoms with Crippen LogP contribution in [-0.2, 0) is 19.1 Å². The molecule has 130 valence electrons. The van der Waals surface area contributed by atoms with Gasteiger partial charge >= 0.3 is 5.97 Å². The highest BCUT2D eigenvalue weighted by molar-refractivity contribution is 6.11. The van der Waals surface area contributed by atoms with Crippen molar-refractivity contribution in [2.24, 2.45) is 16.7 Å². The van der Waals surface area contributed by atoms with E-state index in [2.05, 4.69) is 5.32 Å². The minimum absolute atomic E-state index is 0.0617. The number of ketones is 2. The minimum Gasteiger partial charge on any atom is -0.468 e. The number of esters is 1. The van der Waals surface area contributed by atoms with Gasteiger partial charge in [-0.2, -0.15) is 0 Å². The second kappa shape index (κ2) is 5.30. The lowest BCUT2D eigenvalue weighted by Gasteiger charge is -2.42. The topological polar surface area (TPSA) is 72.5 Å². The number of hydrogen-bond donors (Lipinski definition) is 1. The highest BCUT2D eigenvalue weighted by Gasteiger charge is 2.48. The molecule has 5 nitrogen and oxygen atoms in total. The minimum atomic E-state index is -0.867. The van der Waals surface area contributed by atoms with Crippen LogP contribution < -0.4 is 5.32 Å². The van der Waals surface area contributed by atoms with E-state index in [0.717, 1.165) is 11.4 Å². The fourth-order valence-corrected chi connectivity index (χ4v) is 4.24. The first-order chi connectivity index (χ1) is 11.0. The molecule has 0 atom stereocenters. The lowest BCUT2D eigenvalue weighted by Crippen LogP contribution is -2.45. The predicted molar refractivity (Wildman–Crippen MR) is 88.7 cm³/mol. The molecule has 1 heterocycles. The normalized spacial score (nSPS) is 25.9. The molecule has 0 aromatic rings. The largest absolute Gasteiger partial charge is 0.468 e. The Bertz CT molecular complexity index is 657. The van der Waals surface area contributed by atoms with E-state index in [4.69, 9.17) is 4.74 Å². The van der Waals surface area contributed by atoms with Crippen LogP contribution in [-0.4, -0.2) is 24.6 Å². The van der Waals surface area contributed by atoms with E-state index in [1.165, 1.54) is 7.11 Å². The van der Waals surface area contributed by atoms with E-state index in [9.17, 15) is 14.4 Å². The van der Waals surface area contributed by atoms with Crippen LogP contribution >= 0.6 is 0 Å². The molecule has 1 N–H and O–H groups in total. The maximum Gasteiger partial charge on any atom is 0.318 e. The van der Waals surface area contributed by atoms with Gasteiger partial charge in [0.05, 0.1) is 7.11 Å². The molecule has 0 bridgehead atoms. The second-order valence-corrected chi connectivity index (χ2v) is 8.75. The van der Waals surface area contributed by atoms with Gasteiger partial charge in [-0.25, -0.2) is 0 Å². The summed E-state index contributed by atoms with van der Waals surface area (Å²) in [7, 11) is 1.30. The van der Waals surface area contributed by atoms with Gasteiger partial charge in [0.2, 0.25) is 0 Å². The Hall–Kier alpha value is -1.91. The van der Waals surface area contributed by atoms with Crippen molar-refractivity contribution in [1.29, 1.82) is 0 Å². The van der Waals surface area contributed by atoms with Crippen molar-refractivity contribution < 1.29 is 19.1 Å². The van der Waals surface area contributed by atoms with Crippen molar-refractivity contribution >= 4 is 17.5 Å². The molecule has 0 saturated carbocycles. The second-order valence-electron chi connectivity index (χ2n) is 8.75. The fraction of sp³-hybridized carbons (Fsp3) is 0.632. The predicted octanol–water partition coefficient (Wildman–Crippen LogP) is 2.67. The molecule has 3 aliphatic rings. The number of carbonyl (C=O) groups excluding carboxylic acids is 3. The van der Waals surface area contributed by atoms with Gasteiger partial charge in [-0.05, 0) is 23.7 Å². The lowest BCUT2D eigenvalue weighted by molar-refractivity contribution is -0.145. The van der Waals surface area contributed by atoms with Gasteiger partial charge in [-0.1, -0.05) is 27.7 Å². The van der Waals surface area contributed by atoms with Crippen molar-refractivity contribution in [3.63, 3.8) is 0 Å². The van der Waals surface area contributed by atoms with Crippen LogP contribution in [0.15, 0.2) is 22.5 Å². The molecule has 0 unspecified atom stereocenters. The van der Waals surface area contributed by atoms with Crippen LogP contribution in [0.3, 0.4) is 0 Å². The van der Waals surface area contributed by atoms with Crippen molar-refractivity contribution in [3.8, 4) is 0 Å². The third-order valence-corrected chi connectivity index (χ3v) is 5.16. The standard InChI is InChI=1S/C19H25NO4/c1-18(2)6-10-14(12(21)8-18)16(17(23)24-5)15-11(20-10)7-19(3,4)9-13(15)22/h16,20H,6-9H2,1-5H3. The molecule has 0 fully saturated rings. The summed E-state index contributed by atoms with van der Waals surface area (Å²) < 4.78 is 4.95. The average molecular weight is 331 g/mol. The van der Waals surface area contributed by atoms with E-state index in [-0.39, 0.29) is 22.4 Å². The van der Waals surface area contributed by atoms with Crippen LogP contribution in [0.4, 0.5) is 0 Å². The summed E-state index contributed by atoms with van der Waals surface area (Å²) in [5.41, 5.74) is 2.14. The molecule has 5 heteroatoms. The Morgan fingerprint density at radius 3 is 1.71 bits per heavy atom. The molecule has 0 aromatic carbocycles. The quantitative estimate of drug-likeness (QED) is 0.748. The number of Topliss-reactive ketones (excluding diaryl/α,β-unsaturated/α-hetero) is 2. The zero-order chi connectivity index (χ0) is 17.9. The van der Waals surface area contributed by atoms with E-state index in [1.807, 2.05) is 27.7 Å². The highest BCUT2D eigenvalue weighted by Crippen LogP contribution is 2.47. The van der Waals surface area contributed by atoms with Gasteiger partial charge in [0, 0.05) is 35.4 Å². The third-order valence-electron chi connectivity index (χ3n) is 5.16. The Morgan fingerprint density at radius 1 is 0.917 bits per heavy atom. The third kappa shape index (κ3) is 2.70. The summed E-state index contributed by atoms with van der Waals surface area (Å²) in [5, 5.41) is 3.35. The number of nitrogens with one attached hydrogen (secondary N) is 1. The summed E-state index contributed by atoms with van der Waals surface area (Å²) in [5.74, 6) is -1.51. The first-order valence-electron chi connectivity index (χ1n) is 8.42. The smallest absolute Gasteiger partial charge is 0.318 e. The number of hydrogen-bond acceptors (Lipinski definition) is 5. The summed E-state index contributed by atoms with van der Waals surface area (Å²) >= 11 is 0. The molecular weight excluding hydrogens is 306 g/mol. The zero-order valence-corrected chi connectivity index (χ0v) is 15.0. The van der Waals surface area contributed by atoms with Crippen LogP contribution in [0.25, 0.3) is 0 Å². The van der Waals surface area contributed by atoms with Crippen molar-refractivity contribution in [2.45, 2.75) is 53.4 Å². The molecule has 1 aliphatic heterocycles. The summed E-state index contributed by atoms with van der Waals surface area (Å²) in [6.45, 7) is 8.18. The van der Waals surface area contributed by atoms with Crippen LogP contribution in [0.5, 0.6) is 0 Å². The molecule has 0 spiro atoms. The van der Waals surface area contributed by atoms with E-state index < -0.39 is 11.9 Å². The van der Waals surface area contributed by atoms with Crippen LogP contribution in [0.1, 0.15) is 53.4 Å². The van der Waals surface area contributed by atoms with Crippen molar-refractivity contribution in [1.82, 2.24) is 5.32 Å². The molecule has 0 aromatic heterocycles. The van der Waals surface area contributed by atoms with E-state index in [0.29, 0.717) is 36.8 Å². The number of allylic oxidation sites excluding steroid dienone is 2. The van der Waals surface area contributed by atoms with Crippen LogP contribution in [0, 0.1) is 16.7 Å². The van der Waals surface area contributed by atoms with E-state index >= 15 is 0 Å². The number of dihydropyridines is 1. The zero-order valence-electron chi connectivity index (χ0n) is 15.0. The summed E-state index contributed by atoms with van der Waals surface area (Å²) in [6.07, 6.45) is 2.13. The first-order valence-corrected chi connectivity index (χ1v) is 8.42. The number of methoxy groups -OCH3 is 1. The van der Waals surface area contributed by atoms with Gasteiger partial charge < -0.3 is 10.1 Å². The first kappa shape index (κ1) is 16.9. The molecular formula is C19H25NO4. The number of rotatable bonds is 1. The molecule has 0 radical (unpaired) electrons. The summed E-state index contributed by atoms with van der Waals surface area (Å²) in [4.78, 5) is 38.0. The molecule has 2 aliphatic carbocycles. The summed E-state index contributed by atoms with van der Waals surface area (Å²) in [6, 6.07) is 0. The lowest BCUT2D eigenvalue weighted by atomic mass is 9.65. The Labute approximate surface area is 142 Å². The molecule has 24 heavy (non-hydrogen) atoms. The van der Waals surface area contributed by atoms with Gasteiger partial charge in [0.25, 0.3) is 0 Å². The molecule has 0 saturated heterocycles. The monoisotopic (exact) mass is 331 g/mol. The van der Waals surface area contributed by atoms with Crippen molar-refractivity contribution in [2.75, 3.05) is 7.11 Å². The van der Waals surface area contributed by atoms with Gasteiger partial charge in [0.1, 0.15) is 5.92 Å². The van der Waals surface area contributed by atoms with Crippen molar-refractivity contribution in [3.05, 3.63) is 22.5 Å². The van der Waals surface area contributed by atoms with Crippen LogP contribution in [0.2, 0.25) is 0 Å². The maximum atomic E-state index is 12.7. The molecule has 3 rings (SSSR count). The SMILES string of the molecule is COC(=O)C1C2=C(CC(C)(C)CC2=O)NC2=C1C(=O)CC(C)(C)C2. The highest BCUT2D eigenvalue weighted by atomic mass is 16.5. The Kier molecular flexibility index (Phi) is 3.74. The van der Waals surface area contributed by atoms with E-state index in [1.54, 1.807) is 0 Å². The Morgan fingerprint density at radius 2 is 1.33 bits per heavy atom. The van der Waals surface area contributed by atoms with Gasteiger partial charge in [0.15, 0.2) is 11.6 Å². The number of ether oxygens (including phenoxy) is 1. The number of carbonyl (C=O) groups is 3. The van der Waals surface area contributed by atoms with Gasteiger partial charge in [-0.15, -0.1) is 0 Å². The van der Waals surface area contributed by atoms with Gasteiger partial charge in [-0.3, -0.25) is 14.4 Å². The Balaban J connectivity index is 2.14.